The van der Waals surface area contributed by atoms with Crippen LogP contribution in [-0.4, -0.2) is 22.8 Å². The molecule has 5 nitrogen and oxygen atoms in total. The SMILES string of the molecule is CCOC(=O)/C=C(/c1cc(Br)cc(C(F)(F)F)c1)c1nnc(C)o1. The summed E-state index contributed by atoms with van der Waals surface area (Å²) < 4.78 is 49.3. The minimum absolute atomic E-state index is 0.0425. The molecule has 0 unspecified atom stereocenters. The number of benzene rings is 1. The lowest BCUT2D eigenvalue weighted by molar-refractivity contribution is -0.138. The number of alkyl halides is 3. The summed E-state index contributed by atoms with van der Waals surface area (Å²) in [7, 11) is 0. The summed E-state index contributed by atoms with van der Waals surface area (Å²) in [5.41, 5.74) is -0.743. The van der Waals surface area contributed by atoms with Gasteiger partial charge in [0.1, 0.15) is 0 Å². The highest BCUT2D eigenvalue weighted by molar-refractivity contribution is 9.10. The second-order valence-electron chi connectivity index (χ2n) is 4.66. The first-order valence-corrected chi connectivity index (χ1v) is 7.57. The lowest BCUT2D eigenvalue weighted by Crippen LogP contribution is -2.07. The summed E-state index contributed by atoms with van der Waals surface area (Å²) in [5, 5.41) is 7.40. The second-order valence-corrected chi connectivity index (χ2v) is 5.58. The Hall–Kier alpha value is -2.16. The average Bonchev–Trinajstić information content (AvgIpc) is 2.90. The molecular formula is C15H12BrF3N2O3. The molecule has 1 heterocycles. The molecule has 24 heavy (non-hydrogen) atoms. The maximum atomic E-state index is 13.0. The van der Waals surface area contributed by atoms with E-state index in [1.54, 1.807) is 6.92 Å². The summed E-state index contributed by atoms with van der Waals surface area (Å²) in [6.45, 7) is 3.27. The van der Waals surface area contributed by atoms with Crippen LogP contribution in [0.5, 0.6) is 0 Å². The molecule has 0 aliphatic heterocycles. The zero-order chi connectivity index (χ0) is 17.9. The predicted molar refractivity (Wildman–Crippen MR) is 81.9 cm³/mol. The molecular weight excluding hydrogens is 393 g/mol. The lowest BCUT2D eigenvalue weighted by Gasteiger charge is -2.11. The van der Waals surface area contributed by atoms with Gasteiger partial charge in [-0.1, -0.05) is 15.9 Å². The van der Waals surface area contributed by atoms with Gasteiger partial charge in [-0.05, 0) is 30.7 Å². The first-order valence-electron chi connectivity index (χ1n) is 6.77. The van der Waals surface area contributed by atoms with Crippen molar-refractivity contribution >= 4 is 27.5 Å². The van der Waals surface area contributed by atoms with Crippen LogP contribution in [0, 0.1) is 6.92 Å². The van der Waals surface area contributed by atoms with Crippen molar-refractivity contribution in [3.05, 3.63) is 51.7 Å². The lowest BCUT2D eigenvalue weighted by atomic mass is 10.0. The first-order chi connectivity index (χ1) is 11.2. The Morgan fingerprint density at radius 3 is 2.58 bits per heavy atom. The van der Waals surface area contributed by atoms with Crippen molar-refractivity contribution in [2.75, 3.05) is 6.61 Å². The van der Waals surface area contributed by atoms with Crippen molar-refractivity contribution in [3.63, 3.8) is 0 Å². The van der Waals surface area contributed by atoms with Crippen LogP contribution in [0.2, 0.25) is 0 Å². The monoisotopic (exact) mass is 404 g/mol. The van der Waals surface area contributed by atoms with E-state index in [0.717, 1.165) is 18.2 Å². The third-order valence-corrected chi connectivity index (χ3v) is 3.30. The molecule has 0 saturated carbocycles. The van der Waals surface area contributed by atoms with Crippen LogP contribution >= 0.6 is 15.9 Å². The number of hydrogen-bond acceptors (Lipinski definition) is 5. The van der Waals surface area contributed by atoms with Gasteiger partial charge in [0.2, 0.25) is 11.8 Å². The van der Waals surface area contributed by atoms with Gasteiger partial charge in [-0.15, -0.1) is 10.2 Å². The number of carbonyl (C=O) groups is 1. The van der Waals surface area contributed by atoms with E-state index in [2.05, 4.69) is 26.1 Å². The van der Waals surface area contributed by atoms with Gasteiger partial charge < -0.3 is 9.15 Å². The zero-order valence-electron chi connectivity index (χ0n) is 12.6. The number of halogens is 4. The van der Waals surface area contributed by atoms with Crippen LogP contribution in [0.15, 0.2) is 33.2 Å². The van der Waals surface area contributed by atoms with E-state index in [1.807, 2.05) is 0 Å². The Balaban J connectivity index is 2.60. The van der Waals surface area contributed by atoms with Crippen molar-refractivity contribution < 1.29 is 27.1 Å². The maximum absolute atomic E-state index is 13.0. The predicted octanol–water partition coefficient (Wildman–Crippen LogP) is 4.15. The quantitative estimate of drug-likeness (QED) is 0.565. The van der Waals surface area contributed by atoms with Crippen molar-refractivity contribution in [2.24, 2.45) is 0 Å². The number of nitrogens with zero attached hydrogens (tertiary/aromatic N) is 2. The number of hydrogen-bond donors (Lipinski definition) is 0. The number of ether oxygens (including phenoxy) is 1. The highest BCUT2D eigenvalue weighted by Crippen LogP contribution is 2.35. The Morgan fingerprint density at radius 1 is 1.33 bits per heavy atom. The van der Waals surface area contributed by atoms with Crippen molar-refractivity contribution in [3.8, 4) is 0 Å². The fraction of sp³-hybridized carbons (Fsp3) is 0.267. The molecule has 0 aliphatic rings. The average molecular weight is 405 g/mol. The van der Waals surface area contributed by atoms with E-state index >= 15 is 0 Å². The van der Waals surface area contributed by atoms with Crippen molar-refractivity contribution in [2.45, 2.75) is 20.0 Å². The number of aromatic nitrogens is 2. The Bertz CT molecular complexity index is 785. The van der Waals surface area contributed by atoms with Gasteiger partial charge in [-0.2, -0.15) is 13.2 Å². The van der Waals surface area contributed by atoms with Crippen LogP contribution in [0.1, 0.15) is 29.8 Å². The standard InChI is InChI=1S/C15H12BrF3N2O3/c1-3-23-13(22)7-12(14-21-20-8(2)24-14)9-4-10(15(17,18)19)6-11(16)5-9/h4-7H,3H2,1-2H3/b12-7-. The molecule has 0 atom stereocenters. The van der Waals surface area contributed by atoms with E-state index in [4.69, 9.17) is 9.15 Å². The van der Waals surface area contributed by atoms with Gasteiger partial charge in [0.15, 0.2) is 0 Å². The second kappa shape index (κ2) is 7.16. The van der Waals surface area contributed by atoms with E-state index in [1.165, 1.54) is 13.0 Å². The summed E-state index contributed by atoms with van der Waals surface area (Å²) in [6.07, 6.45) is -3.52. The van der Waals surface area contributed by atoms with Crippen LogP contribution in [0.4, 0.5) is 13.2 Å². The molecule has 0 radical (unpaired) electrons. The molecule has 0 bridgehead atoms. The van der Waals surface area contributed by atoms with E-state index in [-0.39, 0.29) is 34.0 Å². The molecule has 128 valence electrons. The van der Waals surface area contributed by atoms with E-state index in [9.17, 15) is 18.0 Å². The Labute approximate surface area is 143 Å². The van der Waals surface area contributed by atoms with Crippen LogP contribution in [0.25, 0.3) is 5.57 Å². The highest BCUT2D eigenvalue weighted by atomic mass is 79.9. The molecule has 2 rings (SSSR count). The summed E-state index contributed by atoms with van der Waals surface area (Å²) in [6, 6.07) is 3.25. The molecule has 0 amide bonds. The normalized spacial score (nSPS) is 12.3. The summed E-state index contributed by atoms with van der Waals surface area (Å²) in [5.74, 6) is -0.588. The zero-order valence-corrected chi connectivity index (χ0v) is 14.2. The minimum Gasteiger partial charge on any atom is -0.463 e. The van der Waals surface area contributed by atoms with Crippen molar-refractivity contribution in [1.29, 1.82) is 0 Å². The molecule has 0 spiro atoms. The Kier molecular flexibility index (Phi) is 5.43. The Morgan fingerprint density at radius 2 is 2.04 bits per heavy atom. The van der Waals surface area contributed by atoms with Gasteiger partial charge in [0.25, 0.3) is 0 Å². The molecule has 1 aromatic carbocycles. The van der Waals surface area contributed by atoms with Gasteiger partial charge in [0.05, 0.1) is 17.7 Å². The van der Waals surface area contributed by atoms with Crippen LogP contribution in [-0.2, 0) is 15.7 Å². The molecule has 1 aromatic heterocycles. The smallest absolute Gasteiger partial charge is 0.416 e. The molecule has 0 fully saturated rings. The van der Waals surface area contributed by atoms with Crippen LogP contribution in [0.3, 0.4) is 0 Å². The van der Waals surface area contributed by atoms with Crippen molar-refractivity contribution in [1.82, 2.24) is 10.2 Å². The van der Waals surface area contributed by atoms with Gasteiger partial charge >= 0.3 is 12.1 Å². The number of carbonyl (C=O) groups excluding carboxylic acids is 1. The summed E-state index contributed by atoms with van der Waals surface area (Å²) >= 11 is 3.04. The number of rotatable bonds is 4. The van der Waals surface area contributed by atoms with Gasteiger partial charge in [-0.3, -0.25) is 0 Å². The minimum atomic E-state index is -4.54. The third-order valence-electron chi connectivity index (χ3n) is 2.84. The fourth-order valence-corrected chi connectivity index (χ4v) is 2.38. The maximum Gasteiger partial charge on any atom is 0.416 e. The van der Waals surface area contributed by atoms with Gasteiger partial charge in [-0.25, -0.2) is 4.79 Å². The molecule has 0 aliphatic carbocycles. The molecule has 2 aromatic rings. The summed E-state index contributed by atoms with van der Waals surface area (Å²) in [4.78, 5) is 11.8. The molecule has 9 heteroatoms. The number of aryl methyl sites for hydroxylation is 1. The first kappa shape index (κ1) is 18.2. The van der Waals surface area contributed by atoms with E-state index < -0.39 is 17.7 Å². The molecule has 0 saturated heterocycles. The highest BCUT2D eigenvalue weighted by Gasteiger charge is 2.31. The number of esters is 1. The van der Waals surface area contributed by atoms with Gasteiger partial charge in [0, 0.05) is 17.5 Å². The fourth-order valence-electron chi connectivity index (χ4n) is 1.88. The van der Waals surface area contributed by atoms with Crippen LogP contribution < -0.4 is 0 Å². The molecule has 0 N–H and O–H groups in total. The largest absolute Gasteiger partial charge is 0.463 e. The third kappa shape index (κ3) is 4.44. The topological polar surface area (TPSA) is 65.2 Å². The van der Waals surface area contributed by atoms with E-state index in [0.29, 0.717) is 0 Å².